The van der Waals surface area contributed by atoms with Gasteiger partial charge in [0.2, 0.25) is 11.8 Å². The van der Waals surface area contributed by atoms with Gasteiger partial charge in [-0.25, -0.2) is 0 Å². The van der Waals surface area contributed by atoms with Crippen LogP contribution in [0, 0.1) is 11.8 Å². The molecule has 3 aromatic carbocycles. The summed E-state index contributed by atoms with van der Waals surface area (Å²) in [5.74, 6) is -0.645. The molecule has 0 fully saturated rings. The van der Waals surface area contributed by atoms with Gasteiger partial charge in [-0.05, 0) is 41.9 Å². The standard InChI is InChI=1S/C33H43N3O3/c1-24(2)21-28(22-30(38)36(3)23-26-15-9-5-10-16-26)33(39)35-32(31(34)27-17-11-6-12-18-27)29(37)20-19-25-13-7-4-8-14-25/h4-18,24,28-29,31-32,37H,19-23,34H2,1-3H3,(H,35,39). The maximum atomic E-state index is 13.7. The Morgan fingerprint density at radius 1 is 0.872 bits per heavy atom. The Morgan fingerprint density at radius 3 is 1.97 bits per heavy atom. The van der Waals surface area contributed by atoms with Gasteiger partial charge >= 0.3 is 0 Å². The number of nitrogens with zero attached hydrogens (tertiary/aromatic N) is 1. The molecule has 4 unspecified atom stereocenters. The number of nitrogens with one attached hydrogen (secondary N) is 1. The maximum Gasteiger partial charge on any atom is 0.224 e. The van der Waals surface area contributed by atoms with Gasteiger partial charge in [0, 0.05) is 25.9 Å². The molecule has 0 saturated heterocycles. The van der Waals surface area contributed by atoms with E-state index in [1.807, 2.05) is 105 Å². The normalized spacial score (nSPS) is 14.3. The van der Waals surface area contributed by atoms with Crippen LogP contribution in [0.1, 0.15) is 55.8 Å². The highest BCUT2D eigenvalue weighted by Crippen LogP contribution is 2.23. The molecule has 0 bridgehead atoms. The number of aliphatic hydroxyl groups excluding tert-OH is 1. The van der Waals surface area contributed by atoms with E-state index in [1.165, 1.54) is 0 Å². The molecule has 0 radical (unpaired) electrons. The Kier molecular flexibility index (Phi) is 11.7. The molecular weight excluding hydrogens is 486 g/mol. The maximum absolute atomic E-state index is 13.7. The zero-order valence-corrected chi connectivity index (χ0v) is 23.4. The first-order valence-corrected chi connectivity index (χ1v) is 13.8. The Balaban J connectivity index is 1.74. The van der Waals surface area contributed by atoms with Gasteiger partial charge in [0.15, 0.2) is 0 Å². The second-order valence-corrected chi connectivity index (χ2v) is 10.8. The van der Waals surface area contributed by atoms with Crippen LogP contribution in [0.4, 0.5) is 0 Å². The number of carbonyl (C=O) groups is 2. The number of nitrogens with two attached hydrogens (primary N) is 1. The third kappa shape index (κ3) is 9.65. The van der Waals surface area contributed by atoms with E-state index in [-0.39, 0.29) is 24.2 Å². The van der Waals surface area contributed by atoms with Crippen LogP contribution in [0.5, 0.6) is 0 Å². The van der Waals surface area contributed by atoms with Gasteiger partial charge in [0.1, 0.15) is 0 Å². The first kappa shape index (κ1) is 30.1. The van der Waals surface area contributed by atoms with E-state index in [1.54, 1.807) is 11.9 Å². The zero-order valence-electron chi connectivity index (χ0n) is 23.4. The molecule has 0 saturated carbocycles. The summed E-state index contributed by atoms with van der Waals surface area (Å²) in [4.78, 5) is 28.5. The van der Waals surface area contributed by atoms with Gasteiger partial charge in [0.05, 0.1) is 18.2 Å². The van der Waals surface area contributed by atoms with Crippen LogP contribution in [-0.2, 0) is 22.6 Å². The van der Waals surface area contributed by atoms with Gasteiger partial charge in [-0.2, -0.15) is 0 Å². The number of rotatable bonds is 14. The average Bonchev–Trinajstić information content (AvgIpc) is 2.95. The highest BCUT2D eigenvalue weighted by Gasteiger charge is 2.32. The Morgan fingerprint density at radius 2 is 1.41 bits per heavy atom. The predicted molar refractivity (Wildman–Crippen MR) is 157 cm³/mol. The monoisotopic (exact) mass is 529 g/mol. The number of hydrogen-bond acceptors (Lipinski definition) is 4. The van der Waals surface area contributed by atoms with E-state index in [9.17, 15) is 14.7 Å². The van der Waals surface area contributed by atoms with Gasteiger partial charge in [0.25, 0.3) is 0 Å². The third-order valence-corrected chi connectivity index (χ3v) is 7.10. The van der Waals surface area contributed by atoms with Crippen LogP contribution < -0.4 is 11.1 Å². The zero-order chi connectivity index (χ0) is 28.2. The molecule has 0 aromatic heterocycles. The molecule has 4 atom stereocenters. The van der Waals surface area contributed by atoms with Crippen molar-refractivity contribution in [3.63, 3.8) is 0 Å². The van der Waals surface area contributed by atoms with Crippen molar-refractivity contribution in [2.45, 2.75) is 64.3 Å². The number of benzene rings is 3. The van der Waals surface area contributed by atoms with Gasteiger partial charge in [-0.3, -0.25) is 9.59 Å². The fourth-order valence-electron chi connectivity index (χ4n) is 4.89. The largest absolute Gasteiger partial charge is 0.391 e. The summed E-state index contributed by atoms with van der Waals surface area (Å²) < 4.78 is 0. The molecular formula is C33H43N3O3. The topological polar surface area (TPSA) is 95.7 Å². The van der Waals surface area contributed by atoms with Crippen LogP contribution in [0.15, 0.2) is 91.0 Å². The fourth-order valence-corrected chi connectivity index (χ4v) is 4.89. The number of aliphatic hydroxyl groups is 1. The fraction of sp³-hybridized carbons (Fsp3) is 0.394. The highest BCUT2D eigenvalue weighted by molar-refractivity contribution is 5.86. The minimum absolute atomic E-state index is 0.0896. The number of hydrogen-bond donors (Lipinski definition) is 3. The van der Waals surface area contributed by atoms with E-state index >= 15 is 0 Å². The van der Waals surface area contributed by atoms with E-state index in [2.05, 4.69) is 5.32 Å². The summed E-state index contributed by atoms with van der Waals surface area (Å²) in [6.45, 7) is 4.57. The molecule has 208 valence electrons. The lowest BCUT2D eigenvalue weighted by molar-refractivity contribution is -0.136. The Hall–Kier alpha value is -3.48. The number of aryl methyl sites for hydroxylation is 1. The van der Waals surface area contributed by atoms with Gasteiger partial charge in [-0.15, -0.1) is 0 Å². The van der Waals surface area contributed by atoms with Crippen molar-refractivity contribution in [3.8, 4) is 0 Å². The molecule has 0 spiro atoms. The van der Waals surface area contributed by atoms with Crippen molar-refractivity contribution in [1.82, 2.24) is 10.2 Å². The second-order valence-electron chi connectivity index (χ2n) is 10.8. The van der Waals surface area contributed by atoms with E-state index in [0.717, 1.165) is 16.7 Å². The molecule has 4 N–H and O–H groups in total. The molecule has 0 heterocycles. The summed E-state index contributed by atoms with van der Waals surface area (Å²) in [5, 5.41) is 14.3. The van der Waals surface area contributed by atoms with E-state index < -0.39 is 24.1 Å². The SMILES string of the molecule is CC(C)CC(CC(=O)N(C)Cc1ccccc1)C(=O)NC(C(O)CCc1ccccc1)C(N)c1ccccc1. The summed E-state index contributed by atoms with van der Waals surface area (Å²) in [6, 6.07) is 28.0. The molecule has 6 nitrogen and oxygen atoms in total. The minimum Gasteiger partial charge on any atom is -0.391 e. The lowest BCUT2D eigenvalue weighted by Crippen LogP contribution is -2.52. The second kappa shape index (κ2) is 15.2. The van der Waals surface area contributed by atoms with Crippen molar-refractivity contribution < 1.29 is 14.7 Å². The van der Waals surface area contributed by atoms with Crippen LogP contribution in [0.2, 0.25) is 0 Å². The molecule has 0 aliphatic heterocycles. The van der Waals surface area contributed by atoms with Gasteiger partial charge < -0.3 is 21.1 Å². The minimum atomic E-state index is -0.861. The first-order chi connectivity index (χ1) is 18.7. The predicted octanol–water partition coefficient (Wildman–Crippen LogP) is 4.88. The molecule has 2 amide bonds. The van der Waals surface area contributed by atoms with E-state index in [4.69, 9.17) is 5.73 Å². The van der Waals surface area contributed by atoms with Crippen molar-refractivity contribution in [2.75, 3.05) is 7.05 Å². The van der Waals surface area contributed by atoms with Crippen molar-refractivity contribution >= 4 is 11.8 Å². The van der Waals surface area contributed by atoms with E-state index in [0.29, 0.717) is 25.8 Å². The lowest BCUT2D eigenvalue weighted by atomic mass is 9.89. The Bertz CT molecular complexity index is 1140. The molecule has 0 aliphatic carbocycles. The van der Waals surface area contributed by atoms with Gasteiger partial charge in [-0.1, -0.05) is 105 Å². The molecule has 6 heteroatoms. The number of carbonyl (C=O) groups excluding carboxylic acids is 2. The van der Waals surface area contributed by atoms with Crippen LogP contribution in [0.25, 0.3) is 0 Å². The Labute approximate surface area is 233 Å². The summed E-state index contributed by atoms with van der Waals surface area (Å²) in [6.07, 6.45) is 0.905. The smallest absolute Gasteiger partial charge is 0.224 e. The highest BCUT2D eigenvalue weighted by atomic mass is 16.3. The molecule has 3 aromatic rings. The van der Waals surface area contributed by atoms with Crippen molar-refractivity contribution in [2.24, 2.45) is 17.6 Å². The first-order valence-electron chi connectivity index (χ1n) is 13.8. The summed E-state index contributed by atoms with van der Waals surface area (Å²) in [5.41, 5.74) is 9.62. The summed E-state index contributed by atoms with van der Waals surface area (Å²) in [7, 11) is 1.77. The van der Waals surface area contributed by atoms with Crippen molar-refractivity contribution in [3.05, 3.63) is 108 Å². The third-order valence-electron chi connectivity index (χ3n) is 7.10. The average molecular weight is 530 g/mol. The van der Waals surface area contributed by atoms with Crippen molar-refractivity contribution in [1.29, 1.82) is 0 Å². The summed E-state index contributed by atoms with van der Waals surface area (Å²) >= 11 is 0. The lowest BCUT2D eigenvalue weighted by Gasteiger charge is -2.32. The molecule has 0 aliphatic rings. The molecule has 3 rings (SSSR count). The molecule has 39 heavy (non-hydrogen) atoms. The van der Waals surface area contributed by atoms with Crippen LogP contribution >= 0.6 is 0 Å². The quantitative estimate of drug-likeness (QED) is 0.277. The van der Waals surface area contributed by atoms with Crippen LogP contribution in [0.3, 0.4) is 0 Å². The number of amides is 2. The van der Waals surface area contributed by atoms with Crippen LogP contribution in [-0.4, -0.2) is 41.0 Å².